The predicted molar refractivity (Wildman–Crippen MR) is 49.5 cm³/mol. The molecule has 0 aromatic heterocycles. The van der Waals surface area contributed by atoms with E-state index in [2.05, 4.69) is 18.5 Å². The van der Waals surface area contributed by atoms with Gasteiger partial charge in [-0.2, -0.15) is 0 Å². The summed E-state index contributed by atoms with van der Waals surface area (Å²) in [5.74, 6) is 0. The molecule has 0 amide bonds. The summed E-state index contributed by atoms with van der Waals surface area (Å²) in [5.41, 5.74) is 2.67. The summed E-state index contributed by atoms with van der Waals surface area (Å²) in [6, 6.07) is 0.500. The zero-order valence-electron chi connectivity index (χ0n) is 7.06. The molecule has 60 valence electrons. The van der Waals surface area contributed by atoms with Gasteiger partial charge in [-0.25, -0.2) is 0 Å². The lowest BCUT2D eigenvalue weighted by atomic mass is 10.1. The first-order chi connectivity index (χ1) is 5.33. The molecule has 11 heavy (non-hydrogen) atoms. The van der Waals surface area contributed by atoms with E-state index in [1.54, 1.807) is 0 Å². The second-order valence-electron chi connectivity index (χ2n) is 2.77. The van der Waals surface area contributed by atoms with Gasteiger partial charge in [-0.3, -0.25) is 0 Å². The minimum Gasteiger partial charge on any atom is -0.313 e. The number of hydrogen-bond acceptors (Lipinski definition) is 1. The Morgan fingerprint density at radius 1 is 1.45 bits per heavy atom. The van der Waals surface area contributed by atoms with E-state index in [1.165, 1.54) is 17.6 Å². The summed E-state index contributed by atoms with van der Waals surface area (Å²) in [4.78, 5) is 0. The Hall–Kier alpha value is -0.820. The van der Waals surface area contributed by atoms with Crippen LogP contribution in [0.25, 0.3) is 0 Å². The van der Waals surface area contributed by atoms with Gasteiger partial charge in [-0.1, -0.05) is 25.3 Å². The van der Waals surface area contributed by atoms with Crippen molar-refractivity contribution >= 4 is 0 Å². The lowest BCUT2D eigenvalue weighted by molar-refractivity contribution is 0.636. The fourth-order valence-electron chi connectivity index (χ4n) is 1.62. The van der Waals surface area contributed by atoms with Crippen LogP contribution in [0, 0.1) is 0 Å². The number of hydrogen-bond donors (Lipinski definition) is 1. The topological polar surface area (TPSA) is 12.0 Å². The average Bonchev–Trinajstić information content (AvgIpc) is 2.45. The summed E-state index contributed by atoms with van der Waals surface area (Å²) < 4.78 is 0. The van der Waals surface area contributed by atoms with Crippen LogP contribution in [0.1, 0.15) is 12.8 Å². The van der Waals surface area contributed by atoms with Crippen molar-refractivity contribution in [3.63, 3.8) is 0 Å². The zero-order valence-corrected chi connectivity index (χ0v) is 7.06. The maximum Gasteiger partial charge on any atom is 0.0323 e. The number of rotatable bonds is 3. The Labute approximate surface area is 68.5 Å². The summed E-state index contributed by atoms with van der Waals surface area (Å²) in [7, 11) is 1.99. The number of nitrogens with one attached hydrogen (secondary N) is 1. The molecule has 1 atom stereocenters. The van der Waals surface area contributed by atoms with Crippen molar-refractivity contribution in [1.29, 1.82) is 0 Å². The first-order valence-corrected chi connectivity index (χ1v) is 3.98. The van der Waals surface area contributed by atoms with Gasteiger partial charge in [0.25, 0.3) is 0 Å². The van der Waals surface area contributed by atoms with Crippen molar-refractivity contribution in [3.05, 3.63) is 36.5 Å². The molecule has 0 aromatic rings. The molecule has 0 bridgehead atoms. The van der Waals surface area contributed by atoms with Crippen LogP contribution in [-0.2, 0) is 0 Å². The first-order valence-electron chi connectivity index (χ1n) is 3.98. The second-order valence-corrected chi connectivity index (χ2v) is 2.77. The third-order valence-electron chi connectivity index (χ3n) is 2.26. The van der Waals surface area contributed by atoms with Gasteiger partial charge in [0.15, 0.2) is 0 Å². The van der Waals surface area contributed by atoms with Crippen molar-refractivity contribution in [3.8, 4) is 0 Å². The number of likely N-dealkylation sites (N-methyl/N-ethyl adjacent to an activating group) is 1. The predicted octanol–water partition coefficient (Wildman–Crippen LogP) is 2.04. The Morgan fingerprint density at radius 2 is 2.18 bits per heavy atom. The monoisotopic (exact) mass is 149 g/mol. The SMILES string of the molecule is C=CC1=C(C=C)C(NC)CC1. The Kier molecular flexibility index (Phi) is 2.66. The van der Waals surface area contributed by atoms with Crippen LogP contribution in [0.15, 0.2) is 36.5 Å². The van der Waals surface area contributed by atoms with E-state index in [1.807, 2.05) is 19.2 Å². The molecule has 0 radical (unpaired) electrons. The van der Waals surface area contributed by atoms with Crippen molar-refractivity contribution in [2.75, 3.05) is 7.05 Å². The summed E-state index contributed by atoms with van der Waals surface area (Å²) >= 11 is 0. The molecule has 0 heterocycles. The van der Waals surface area contributed by atoms with Crippen LogP contribution in [0.5, 0.6) is 0 Å². The average molecular weight is 149 g/mol. The van der Waals surface area contributed by atoms with Crippen LogP contribution in [0.2, 0.25) is 0 Å². The van der Waals surface area contributed by atoms with Crippen molar-refractivity contribution in [2.45, 2.75) is 18.9 Å². The third-order valence-corrected chi connectivity index (χ3v) is 2.26. The first kappa shape index (κ1) is 8.28. The van der Waals surface area contributed by atoms with E-state index in [-0.39, 0.29) is 0 Å². The summed E-state index contributed by atoms with van der Waals surface area (Å²) in [6.07, 6.45) is 6.19. The molecule has 1 nitrogen and oxygen atoms in total. The van der Waals surface area contributed by atoms with E-state index in [0.717, 1.165) is 6.42 Å². The molecule has 0 saturated heterocycles. The second kappa shape index (κ2) is 3.54. The molecular formula is C10H15N. The van der Waals surface area contributed by atoms with Gasteiger partial charge in [-0.05, 0) is 31.0 Å². The highest BCUT2D eigenvalue weighted by atomic mass is 14.9. The lowest BCUT2D eigenvalue weighted by Crippen LogP contribution is -2.23. The van der Waals surface area contributed by atoms with E-state index >= 15 is 0 Å². The fraction of sp³-hybridized carbons (Fsp3) is 0.400. The van der Waals surface area contributed by atoms with Gasteiger partial charge in [0.05, 0.1) is 0 Å². The minimum absolute atomic E-state index is 0.500. The minimum atomic E-state index is 0.500. The van der Waals surface area contributed by atoms with Crippen molar-refractivity contribution < 1.29 is 0 Å². The van der Waals surface area contributed by atoms with Gasteiger partial charge >= 0.3 is 0 Å². The van der Waals surface area contributed by atoms with E-state index in [9.17, 15) is 0 Å². The van der Waals surface area contributed by atoms with Gasteiger partial charge in [0.1, 0.15) is 0 Å². The van der Waals surface area contributed by atoms with E-state index in [0.29, 0.717) is 6.04 Å². The van der Waals surface area contributed by atoms with Gasteiger partial charge in [-0.15, -0.1) is 0 Å². The lowest BCUT2D eigenvalue weighted by Gasteiger charge is -2.09. The van der Waals surface area contributed by atoms with E-state index < -0.39 is 0 Å². The molecule has 1 aliphatic rings. The maximum absolute atomic E-state index is 3.79. The Morgan fingerprint density at radius 3 is 2.64 bits per heavy atom. The van der Waals surface area contributed by atoms with Crippen LogP contribution in [0.3, 0.4) is 0 Å². The van der Waals surface area contributed by atoms with E-state index in [4.69, 9.17) is 0 Å². The molecule has 0 aliphatic heterocycles. The fourth-order valence-corrected chi connectivity index (χ4v) is 1.62. The van der Waals surface area contributed by atoms with Crippen LogP contribution in [0.4, 0.5) is 0 Å². The third kappa shape index (κ3) is 1.43. The molecule has 1 aliphatic carbocycles. The quantitative estimate of drug-likeness (QED) is 0.647. The molecule has 1 unspecified atom stereocenters. The molecule has 0 aromatic carbocycles. The highest BCUT2D eigenvalue weighted by molar-refractivity contribution is 5.39. The molecule has 0 saturated carbocycles. The maximum atomic E-state index is 3.79. The highest BCUT2D eigenvalue weighted by Gasteiger charge is 2.19. The normalized spacial score (nSPS) is 23.9. The zero-order chi connectivity index (χ0) is 8.27. The summed E-state index contributed by atoms with van der Waals surface area (Å²) in [6.45, 7) is 7.57. The smallest absolute Gasteiger partial charge is 0.0323 e. The highest BCUT2D eigenvalue weighted by Crippen LogP contribution is 2.27. The molecule has 1 N–H and O–H groups in total. The van der Waals surface area contributed by atoms with Crippen molar-refractivity contribution in [2.24, 2.45) is 0 Å². The molecule has 1 heteroatoms. The van der Waals surface area contributed by atoms with Gasteiger partial charge in [0, 0.05) is 6.04 Å². The Balaban J connectivity index is 2.86. The van der Waals surface area contributed by atoms with Gasteiger partial charge in [0.2, 0.25) is 0 Å². The molecule has 0 spiro atoms. The molecule has 1 rings (SSSR count). The van der Waals surface area contributed by atoms with Gasteiger partial charge < -0.3 is 5.32 Å². The summed E-state index contributed by atoms with van der Waals surface area (Å²) in [5, 5.41) is 3.25. The van der Waals surface area contributed by atoms with Crippen LogP contribution < -0.4 is 5.32 Å². The molecular weight excluding hydrogens is 134 g/mol. The molecule has 0 fully saturated rings. The Bertz CT molecular complexity index is 201. The van der Waals surface area contributed by atoms with Crippen molar-refractivity contribution in [1.82, 2.24) is 5.32 Å². The van der Waals surface area contributed by atoms with Crippen LogP contribution >= 0.6 is 0 Å². The standard InChI is InChI=1S/C10H15N/c1-4-8-6-7-10(11-3)9(8)5-2/h4-5,10-11H,1-2,6-7H2,3H3. The largest absolute Gasteiger partial charge is 0.313 e. The number of allylic oxidation sites excluding steroid dienone is 2. The van der Waals surface area contributed by atoms with Crippen LogP contribution in [-0.4, -0.2) is 13.1 Å².